The standard InChI is InChI=1S/C21H19FN4O3S/c22-16-4-1-14(2-5-16)11-19-23-21(30-24-19)26-9-7-25(8-10-26)20(27)15-3-6-17-18(12-15)29-13-28-17/h1-6,12H,7-11,13H2. The lowest BCUT2D eigenvalue weighted by molar-refractivity contribution is 0.0746. The van der Waals surface area contributed by atoms with E-state index in [4.69, 9.17) is 9.47 Å². The summed E-state index contributed by atoms with van der Waals surface area (Å²) in [4.78, 5) is 21.4. The van der Waals surface area contributed by atoms with Gasteiger partial charge in [-0.15, -0.1) is 0 Å². The van der Waals surface area contributed by atoms with Gasteiger partial charge in [0.1, 0.15) is 11.6 Å². The van der Waals surface area contributed by atoms with Crippen LogP contribution in [-0.2, 0) is 6.42 Å². The van der Waals surface area contributed by atoms with E-state index in [0.29, 0.717) is 49.7 Å². The van der Waals surface area contributed by atoms with Crippen LogP contribution in [0.2, 0.25) is 0 Å². The first-order valence-electron chi connectivity index (χ1n) is 9.66. The summed E-state index contributed by atoms with van der Waals surface area (Å²) in [5.41, 5.74) is 1.57. The maximum Gasteiger partial charge on any atom is 0.254 e. The van der Waals surface area contributed by atoms with Gasteiger partial charge in [-0.1, -0.05) is 12.1 Å². The highest BCUT2D eigenvalue weighted by molar-refractivity contribution is 7.09. The van der Waals surface area contributed by atoms with E-state index in [9.17, 15) is 9.18 Å². The minimum absolute atomic E-state index is 0.0118. The second-order valence-electron chi connectivity index (χ2n) is 7.14. The molecule has 0 N–H and O–H groups in total. The molecule has 0 saturated carbocycles. The molecule has 2 aliphatic rings. The van der Waals surface area contributed by atoms with Crippen molar-refractivity contribution in [3.63, 3.8) is 0 Å². The molecule has 5 rings (SSSR count). The molecule has 2 aromatic carbocycles. The van der Waals surface area contributed by atoms with E-state index in [1.807, 2.05) is 4.90 Å². The van der Waals surface area contributed by atoms with Crippen LogP contribution in [0.5, 0.6) is 11.5 Å². The number of fused-ring (bicyclic) bond motifs is 1. The molecule has 0 radical (unpaired) electrons. The van der Waals surface area contributed by atoms with Crippen LogP contribution in [0.25, 0.3) is 0 Å². The van der Waals surface area contributed by atoms with Crippen molar-refractivity contribution in [1.29, 1.82) is 0 Å². The summed E-state index contributed by atoms with van der Waals surface area (Å²) in [6.45, 7) is 2.81. The summed E-state index contributed by atoms with van der Waals surface area (Å²) in [5, 5.41) is 0.849. The van der Waals surface area contributed by atoms with Crippen molar-refractivity contribution < 1.29 is 18.7 Å². The number of hydrogen-bond donors (Lipinski definition) is 0. The minimum Gasteiger partial charge on any atom is -0.454 e. The number of carbonyl (C=O) groups excluding carboxylic acids is 1. The Hall–Kier alpha value is -3.20. The SMILES string of the molecule is O=C(c1ccc2c(c1)OCO2)N1CCN(c2nc(Cc3ccc(F)cc3)ns2)CC1. The zero-order valence-corrected chi connectivity index (χ0v) is 16.9. The monoisotopic (exact) mass is 426 g/mol. The number of piperazine rings is 1. The molecule has 154 valence electrons. The zero-order chi connectivity index (χ0) is 20.5. The van der Waals surface area contributed by atoms with E-state index < -0.39 is 0 Å². The van der Waals surface area contributed by atoms with Gasteiger partial charge < -0.3 is 19.3 Å². The Morgan fingerprint density at radius 2 is 1.80 bits per heavy atom. The van der Waals surface area contributed by atoms with Crippen molar-refractivity contribution >= 4 is 22.6 Å². The highest BCUT2D eigenvalue weighted by Gasteiger charge is 2.25. The summed E-state index contributed by atoms with van der Waals surface area (Å²) in [7, 11) is 0. The Morgan fingerprint density at radius 1 is 1.03 bits per heavy atom. The number of rotatable bonds is 4. The fourth-order valence-electron chi connectivity index (χ4n) is 3.54. The molecule has 3 aromatic rings. The fourth-order valence-corrected chi connectivity index (χ4v) is 4.28. The number of hydrogen-bond acceptors (Lipinski definition) is 7. The van der Waals surface area contributed by atoms with Crippen LogP contribution in [-0.4, -0.2) is 53.1 Å². The normalized spacial score (nSPS) is 15.5. The van der Waals surface area contributed by atoms with Crippen molar-refractivity contribution in [2.45, 2.75) is 6.42 Å². The molecule has 3 heterocycles. The van der Waals surface area contributed by atoms with Crippen LogP contribution >= 0.6 is 11.5 Å². The van der Waals surface area contributed by atoms with Gasteiger partial charge in [0.15, 0.2) is 11.5 Å². The molecule has 0 spiro atoms. The van der Waals surface area contributed by atoms with Gasteiger partial charge in [-0.3, -0.25) is 4.79 Å². The maximum atomic E-state index is 13.1. The maximum absolute atomic E-state index is 13.1. The van der Waals surface area contributed by atoms with Crippen LogP contribution in [0.4, 0.5) is 9.52 Å². The van der Waals surface area contributed by atoms with Gasteiger partial charge in [-0.25, -0.2) is 9.37 Å². The molecule has 0 atom stereocenters. The van der Waals surface area contributed by atoms with Crippen molar-refractivity contribution in [3.8, 4) is 11.5 Å². The Kier molecular flexibility index (Phi) is 4.96. The molecule has 0 unspecified atom stereocenters. The van der Waals surface area contributed by atoms with E-state index in [1.165, 1.54) is 23.7 Å². The Morgan fingerprint density at radius 3 is 2.60 bits per heavy atom. The largest absolute Gasteiger partial charge is 0.454 e. The minimum atomic E-state index is -0.251. The average Bonchev–Trinajstić information content (AvgIpc) is 3.44. The van der Waals surface area contributed by atoms with E-state index in [-0.39, 0.29) is 18.5 Å². The number of halogens is 1. The fraction of sp³-hybridized carbons (Fsp3) is 0.286. The highest BCUT2D eigenvalue weighted by atomic mass is 32.1. The molecule has 0 aliphatic carbocycles. The van der Waals surface area contributed by atoms with Crippen molar-refractivity contribution in [1.82, 2.24) is 14.3 Å². The van der Waals surface area contributed by atoms with Crippen LogP contribution in [0.15, 0.2) is 42.5 Å². The van der Waals surface area contributed by atoms with Gasteiger partial charge in [0.05, 0.1) is 0 Å². The quantitative estimate of drug-likeness (QED) is 0.639. The van der Waals surface area contributed by atoms with Gasteiger partial charge in [-0.05, 0) is 35.9 Å². The highest BCUT2D eigenvalue weighted by Crippen LogP contribution is 2.33. The number of ether oxygens (including phenoxy) is 2. The van der Waals surface area contributed by atoms with Crippen LogP contribution < -0.4 is 14.4 Å². The number of carbonyl (C=O) groups is 1. The van der Waals surface area contributed by atoms with E-state index in [2.05, 4.69) is 14.3 Å². The third kappa shape index (κ3) is 3.80. The van der Waals surface area contributed by atoms with Crippen LogP contribution in [0.1, 0.15) is 21.7 Å². The molecule has 1 saturated heterocycles. The first-order valence-corrected chi connectivity index (χ1v) is 10.4. The second-order valence-corrected chi connectivity index (χ2v) is 7.87. The average molecular weight is 426 g/mol. The number of aromatic nitrogens is 2. The summed E-state index contributed by atoms with van der Waals surface area (Å²) >= 11 is 1.35. The molecule has 30 heavy (non-hydrogen) atoms. The van der Waals surface area contributed by atoms with Crippen LogP contribution in [0.3, 0.4) is 0 Å². The van der Waals surface area contributed by atoms with Crippen molar-refractivity contribution in [3.05, 3.63) is 65.2 Å². The smallest absolute Gasteiger partial charge is 0.254 e. The zero-order valence-electron chi connectivity index (χ0n) is 16.1. The lowest BCUT2D eigenvalue weighted by Gasteiger charge is -2.34. The van der Waals surface area contributed by atoms with Crippen molar-refractivity contribution in [2.24, 2.45) is 0 Å². The van der Waals surface area contributed by atoms with Gasteiger partial charge in [0, 0.05) is 49.7 Å². The van der Waals surface area contributed by atoms with Crippen molar-refractivity contribution in [2.75, 3.05) is 37.9 Å². The topological polar surface area (TPSA) is 67.8 Å². The number of benzene rings is 2. The molecule has 9 heteroatoms. The molecule has 0 bridgehead atoms. The summed E-state index contributed by atoms with van der Waals surface area (Å²) < 4.78 is 28.2. The predicted octanol–water partition coefficient (Wildman–Crippen LogP) is 2.96. The van der Waals surface area contributed by atoms with Gasteiger partial charge in [-0.2, -0.15) is 4.37 Å². The number of anilines is 1. The Balaban J connectivity index is 1.19. The Labute approximate surface area is 176 Å². The van der Waals surface area contributed by atoms with E-state index in [1.54, 1.807) is 30.3 Å². The third-order valence-corrected chi connectivity index (χ3v) is 6.00. The summed E-state index contributed by atoms with van der Waals surface area (Å²) in [6, 6.07) is 11.7. The number of nitrogens with zero attached hydrogens (tertiary/aromatic N) is 4. The first-order chi connectivity index (χ1) is 14.7. The predicted molar refractivity (Wildman–Crippen MR) is 110 cm³/mol. The van der Waals surface area contributed by atoms with Gasteiger partial charge in [0.25, 0.3) is 5.91 Å². The Bertz CT molecular complexity index is 1060. The molecular weight excluding hydrogens is 407 g/mol. The summed E-state index contributed by atoms with van der Waals surface area (Å²) in [5.74, 6) is 1.74. The molecule has 7 nitrogen and oxygen atoms in total. The van der Waals surface area contributed by atoms with Crippen LogP contribution in [0, 0.1) is 5.82 Å². The molecule has 2 aliphatic heterocycles. The van der Waals surface area contributed by atoms with Gasteiger partial charge in [0.2, 0.25) is 11.9 Å². The van der Waals surface area contributed by atoms with E-state index in [0.717, 1.165) is 16.5 Å². The lowest BCUT2D eigenvalue weighted by Crippen LogP contribution is -2.48. The third-order valence-electron chi connectivity index (χ3n) is 5.19. The van der Waals surface area contributed by atoms with E-state index >= 15 is 0 Å². The molecule has 1 amide bonds. The van der Waals surface area contributed by atoms with Gasteiger partial charge >= 0.3 is 0 Å². The molecular formula is C21H19FN4O3S. The first kappa shape index (κ1) is 18.8. The number of amides is 1. The summed E-state index contributed by atoms with van der Waals surface area (Å²) in [6.07, 6.45) is 0.569. The molecule has 1 fully saturated rings. The molecule has 1 aromatic heterocycles. The second kappa shape index (κ2) is 7.91. The lowest BCUT2D eigenvalue weighted by atomic mass is 10.1.